The zero-order chi connectivity index (χ0) is 14.7. The molecule has 0 saturated heterocycles. The van der Waals surface area contributed by atoms with E-state index in [4.69, 9.17) is 10.7 Å². The number of nitrogens with zero attached hydrogens (tertiary/aromatic N) is 3. The van der Waals surface area contributed by atoms with Crippen LogP contribution in [0.3, 0.4) is 0 Å². The number of anilines is 1. The van der Waals surface area contributed by atoms with Crippen molar-refractivity contribution in [2.24, 2.45) is 5.73 Å². The Kier molecular flexibility index (Phi) is 2.60. The Morgan fingerprint density at radius 1 is 1.27 bits per heavy atom. The zero-order valence-electron chi connectivity index (χ0n) is 12.9. The summed E-state index contributed by atoms with van der Waals surface area (Å²) in [5, 5.41) is 8.30. The highest BCUT2D eigenvalue weighted by Crippen LogP contribution is 2.57. The Labute approximate surface area is 130 Å². The van der Waals surface area contributed by atoms with Crippen LogP contribution in [0.4, 0.5) is 5.82 Å². The molecule has 5 rings (SSSR count). The summed E-state index contributed by atoms with van der Waals surface area (Å²) >= 11 is 0. The van der Waals surface area contributed by atoms with Gasteiger partial charge >= 0.3 is 0 Å². The molecule has 116 valence electrons. The molecule has 1 spiro atoms. The van der Waals surface area contributed by atoms with Crippen molar-refractivity contribution in [1.29, 1.82) is 0 Å². The predicted octanol–water partition coefficient (Wildman–Crippen LogP) is 2.39. The van der Waals surface area contributed by atoms with Gasteiger partial charge in [0.05, 0.1) is 11.9 Å². The van der Waals surface area contributed by atoms with Crippen molar-refractivity contribution >= 4 is 11.5 Å². The first-order valence-corrected chi connectivity index (χ1v) is 8.64. The third-order valence-electron chi connectivity index (χ3n) is 5.90. The van der Waals surface area contributed by atoms with Gasteiger partial charge in [0.1, 0.15) is 5.82 Å². The molecule has 2 atom stereocenters. The SMILES string of the molecule is N[C@H]1CCC[C@H](Nc2c3c(nc4ccnn24)C2(CC3)CC2)C1. The van der Waals surface area contributed by atoms with E-state index in [0.717, 1.165) is 24.9 Å². The van der Waals surface area contributed by atoms with Crippen molar-refractivity contribution in [2.75, 3.05) is 5.32 Å². The molecule has 2 aromatic heterocycles. The number of hydrogen-bond acceptors (Lipinski definition) is 4. The van der Waals surface area contributed by atoms with Crippen LogP contribution in [-0.2, 0) is 11.8 Å². The molecule has 0 aromatic carbocycles. The fraction of sp³-hybridized carbons (Fsp3) is 0.647. The topological polar surface area (TPSA) is 68.2 Å². The molecule has 5 heteroatoms. The van der Waals surface area contributed by atoms with Crippen LogP contribution in [0.1, 0.15) is 56.2 Å². The van der Waals surface area contributed by atoms with Gasteiger partial charge in [-0.15, -0.1) is 0 Å². The Morgan fingerprint density at radius 3 is 3.00 bits per heavy atom. The molecule has 0 aliphatic heterocycles. The zero-order valence-corrected chi connectivity index (χ0v) is 12.9. The molecular formula is C17H23N5. The maximum absolute atomic E-state index is 6.16. The number of nitrogens with two attached hydrogens (primary N) is 1. The van der Waals surface area contributed by atoms with Crippen LogP contribution in [0, 0.1) is 0 Å². The second-order valence-electron chi connectivity index (χ2n) is 7.44. The highest BCUT2D eigenvalue weighted by molar-refractivity contribution is 5.60. The lowest BCUT2D eigenvalue weighted by Crippen LogP contribution is -2.35. The van der Waals surface area contributed by atoms with E-state index in [1.165, 1.54) is 49.2 Å². The van der Waals surface area contributed by atoms with Crippen molar-refractivity contribution in [2.45, 2.75) is 68.9 Å². The molecule has 5 nitrogen and oxygen atoms in total. The Balaban J connectivity index is 1.59. The summed E-state index contributed by atoms with van der Waals surface area (Å²) in [5.41, 5.74) is 10.3. The molecule has 2 heterocycles. The van der Waals surface area contributed by atoms with Crippen molar-refractivity contribution < 1.29 is 0 Å². The van der Waals surface area contributed by atoms with Crippen LogP contribution < -0.4 is 11.1 Å². The monoisotopic (exact) mass is 297 g/mol. The van der Waals surface area contributed by atoms with Gasteiger partial charge in [0.25, 0.3) is 0 Å². The van der Waals surface area contributed by atoms with Crippen LogP contribution in [-0.4, -0.2) is 26.7 Å². The minimum atomic E-state index is 0.337. The number of hydrogen-bond donors (Lipinski definition) is 2. The van der Waals surface area contributed by atoms with E-state index in [-0.39, 0.29) is 0 Å². The van der Waals surface area contributed by atoms with Crippen LogP contribution >= 0.6 is 0 Å². The molecule has 2 fully saturated rings. The normalized spacial score (nSPS) is 29.0. The van der Waals surface area contributed by atoms with E-state index in [0.29, 0.717) is 17.5 Å². The highest BCUT2D eigenvalue weighted by atomic mass is 15.3. The van der Waals surface area contributed by atoms with Gasteiger partial charge in [-0.2, -0.15) is 9.61 Å². The Hall–Kier alpha value is -1.62. The fourth-order valence-corrected chi connectivity index (χ4v) is 4.47. The maximum Gasteiger partial charge on any atom is 0.157 e. The van der Waals surface area contributed by atoms with Crippen molar-refractivity contribution in [3.8, 4) is 0 Å². The summed E-state index contributed by atoms with van der Waals surface area (Å²) in [5.74, 6) is 1.19. The first kappa shape index (κ1) is 12.9. The molecule has 0 amide bonds. The van der Waals surface area contributed by atoms with Gasteiger partial charge in [0.2, 0.25) is 0 Å². The van der Waals surface area contributed by atoms with Gasteiger partial charge in [0.15, 0.2) is 5.65 Å². The van der Waals surface area contributed by atoms with E-state index in [1.807, 2.05) is 16.8 Å². The van der Waals surface area contributed by atoms with E-state index < -0.39 is 0 Å². The quantitative estimate of drug-likeness (QED) is 0.893. The molecule has 22 heavy (non-hydrogen) atoms. The van der Waals surface area contributed by atoms with Crippen molar-refractivity contribution in [1.82, 2.24) is 14.6 Å². The number of aromatic nitrogens is 3. The van der Waals surface area contributed by atoms with Crippen molar-refractivity contribution in [3.05, 3.63) is 23.5 Å². The average Bonchev–Trinajstić information content (AvgIpc) is 2.99. The molecular weight excluding hydrogens is 274 g/mol. The van der Waals surface area contributed by atoms with Gasteiger partial charge in [0, 0.05) is 29.1 Å². The number of nitrogens with one attached hydrogen (secondary N) is 1. The molecule has 3 aliphatic rings. The Bertz CT molecular complexity index is 730. The van der Waals surface area contributed by atoms with Gasteiger partial charge < -0.3 is 11.1 Å². The lowest BCUT2D eigenvalue weighted by atomic mass is 9.91. The molecule has 0 radical (unpaired) electrons. The van der Waals surface area contributed by atoms with Crippen LogP contribution in [0.25, 0.3) is 5.65 Å². The summed E-state index contributed by atoms with van der Waals surface area (Å²) in [4.78, 5) is 4.94. The molecule has 2 saturated carbocycles. The van der Waals surface area contributed by atoms with Crippen LogP contribution in [0.15, 0.2) is 12.3 Å². The van der Waals surface area contributed by atoms with Crippen molar-refractivity contribution in [3.63, 3.8) is 0 Å². The molecule has 0 bridgehead atoms. The van der Waals surface area contributed by atoms with Crippen LogP contribution in [0.2, 0.25) is 0 Å². The summed E-state index contributed by atoms with van der Waals surface area (Å²) in [6.07, 6.45) is 11.5. The third-order valence-corrected chi connectivity index (χ3v) is 5.90. The smallest absolute Gasteiger partial charge is 0.157 e. The predicted molar refractivity (Wildman–Crippen MR) is 86.1 cm³/mol. The Morgan fingerprint density at radius 2 is 2.18 bits per heavy atom. The fourth-order valence-electron chi connectivity index (χ4n) is 4.47. The molecule has 0 unspecified atom stereocenters. The van der Waals surface area contributed by atoms with Gasteiger partial charge in [-0.25, -0.2) is 4.98 Å². The van der Waals surface area contributed by atoms with E-state index in [2.05, 4.69) is 10.4 Å². The molecule has 3 aliphatic carbocycles. The highest BCUT2D eigenvalue weighted by Gasteiger charge is 2.51. The second kappa shape index (κ2) is 4.44. The lowest BCUT2D eigenvalue weighted by molar-refractivity contribution is 0.408. The molecule has 2 aromatic rings. The summed E-state index contributed by atoms with van der Waals surface area (Å²) in [6, 6.07) is 2.83. The average molecular weight is 297 g/mol. The minimum Gasteiger partial charge on any atom is -0.367 e. The first-order chi connectivity index (χ1) is 10.8. The van der Waals surface area contributed by atoms with Crippen LogP contribution in [0.5, 0.6) is 0 Å². The summed E-state index contributed by atoms with van der Waals surface area (Å²) < 4.78 is 2.00. The number of fused-ring (bicyclic) bond motifs is 3. The minimum absolute atomic E-state index is 0.337. The van der Waals surface area contributed by atoms with E-state index >= 15 is 0 Å². The van der Waals surface area contributed by atoms with Gasteiger partial charge in [-0.3, -0.25) is 0 Å². The number of rotatable bonds is 2. The third kappa shape index (κ3) is 1.81. The largest absolute Gasteiger partial charge is 0.367 e. The molecule has 3 N–H and O–H groups in total. The lowest BCUT2D eigenvalue weighted by Gasteiger charge is -2.29. The summed E-state index contributed by atoms with van der Waals surface area (Å²) in [7, 11) is 0. The van der Waals surface area contributed by atoms with Gasteiger partial charge in [-0.1, -0.05) is 0 Å². The maximum atomic E-state index is 6.16. The standard InChI is InChI=1S/C17H23N5/c18-11-2-1-3-12(10-11)20-16-13-4-6-17(7-8-17)15(13)21-14-5-9-19-22(14)16/h5,9,11-12,20H,1-4,6-8,10,18H2/t11-,12-/m0/s1. The summed E-state index contributed by atoms with van der Waals surface area (Å²) in [6.45, 7) is 0. The first-order valence-electron chi connectivity index (χ1n) is 8.64. The van der Waals surface area contributed by atoms with E-state index in [1.54, 1.807) is 0 Å². The van der Waals surface area contributed by atoms with Gasteiger partial charge in [-0.05, 0) is 51.4 Å². The van der Waals surface area contributed by atoms with E-state index in [9.17, 15) is 0 Å². The second-order valence-corrected chi connectivity index (χ2v) is 7.44.